The lowest BCUT2D eigenvalue weighted by Crippen LogP contribution is -2.08. The van der Waals surface area contributed by atoms with E-state index >= 15 is 0 Å². The lowest BCUT2D eigenvalue weighted by atomic mass is 10.7. The molecule has 0 saturated heterocycles. The summed E-state index contributed by atoms with van der Waals surface area (Å²) in [6.45, 7) is 12.5. The summed E-state index contributed by atoms with van der Waals surface area (Å²) in [5.41, 5.74) is 0. The normalized spacial score (nSPS) is 10.2. The Kier molecular flexibility index (Phi) is 26.3. The first-order chi connectivity index (χ1) is 9.83. The second-order valence-electron chi connectivity index (χ2n) is 3.54. The summed E-state index contributed by atoms with van der Waals surface area (Å²) in [4.78, 5) is 0. The molecule has 0 heterocycles. The largest absolute Gasteiger partial charge is 0.394 e. The van der Waals surface area contributed by atoms with E-state index in [-0.39, 0.29) is 6.61 Å². The molecule has 0 atom stereocenters. The summed E-state index contributed by atoms with van der Waals surface area (Å²) < 4.78 is 25.2. The van der Waals surface area contributed by atoms with Crippen molar-refractivity contribution in [3.63, 3.8) is 0 Å². The molecule has 0 aromatic heterocycles. The van der Waals surface area contributed by atoms with Crippen molar-refractivity contribution in [3.05, 3.63) is 0 Å². The van der Waals surface area contributed by atoms with Crippen molar-refractivity contribution in [2.75, 3.05) is 72.7 Å². The van der Waals surface area contributed by atoms with Crippen LogP contribution in [0.25, 0.3) is 0 Å². The highest BCUT2D eigenvalue weighted by Crippen LogP contribution is 1.79. The fourth-order valence-corrected chi connectivity index (χ4v) is 1.06. The molecule has 20 heavy (non-hydrogen) atoms. The molecular weight excluding hydrogens is 264 g/mol. The Labute approximate surface area is 123 Å². The molecule has 124 valence electrons. The first-order valence-corrected chi connectivity index (χ1v) is 7.32. The topological polar surface area (TPSA) is 66.4 Å². The monoisotopic (exact) mass is 296 g/mol. The van der Waals surface area contributed by atoms with Gasteiger partial charge < -0.3 is 28.8 Å². The molecule has 0 aromatic carbocycles. The van der Waals surface area contributed by atoms with Gasteiger partial charge in [0.2, 0.25) is 0 Å². The van der Waals surface area contributed by atoms with Gasteiger partial charge in [0.15, 0.2) is 0 Å². The Balaban J connectivity index is 0. The van der Waals surface area contributed by atoms with Crippen molar-refractivity contribution in [2.45, 2.75) is 20.8 Å². The Hall–Kier alpha value is -0.240. The fourth-order valence-electron chi connectivity index (χ4n) is 1.06. The van der Waals surface area contributed by atoms with Crippen LogP contribution in [0, 0.1) is 0 Å². The predicted octanol–water partition coefficient (Wildman–Crippen LogP) is 1.11. The molecule has 6 nitrogen and oxygen atoms in total. The van der Waals surface area contributed by atoms with Gasteiger partial charge in [0.05, 0.1) is 52.9 Å². The Morgan fingerprint density at radius 2 is 0.800 bits per heavy atom. The Morgan fingerprint density at radius 3 is 1.10 bits per heavy atom. The lowest BCUT2D eigenvalue weighted by molar-refractivity contribution is 0.0195. The van der Waals surface area contributed by atoms with Gasteiger partial charge in [-0.05, 0) is 20.8 Å². The van der Waals surface area contributed by atoms with Crippen LogP contribution in [-0.2, 0) is 23.7 Å². The standard InChI is InChI=1S/C8H18O3.C6H14O3/c1-3-9-5-7-11-8-6-10-4-2;1-2-8-5-6-9-4-3-7/h3-8H2,1-2H3;7H,2-6H2,1H3. The average Bonchev–Trinajstić information content (AvgIpc) is 2.47. The maximum atomic E-state index is 8.26. The van der Waals surface area contributed by atoms with E-state index in [1.54, 1.807) is 0 Å². The number of ether oxygens (including phenoxy) is 5. The molecule has 0 radical (unpaired) electrons. The molecule has 0 bridgehead atoms. The van der Waals surface area contributed by atoms with Crippen LogP contribution in [0.4, 0.5) is 0 Å². The molecule has 0 aliphatic rings. The SMILES string of the molecule is CCOCCOCCO.CCOCCOCCOCC. The summed E-state index contributed by atoms with van der Waals surface area (Å²) in [5.74, 6) is 0. The molecule has 0 aliphatic heterocycles. The van der Waals surface area contributed by atoms with Crippen LogP contribution >= 0.6 is 0 Å². The summed E-state index contributed by atoms with van der Waals surface area (Å²) >= 11 is 0. The third-order valence-corrected chi connectivity index (χ3v) is 1.96. The van der Waals surface area contributed by atoms with Crippen LogP contribution in [-0.4, -0.2) is 77.8 Å². The average molecular weight is 296 g/mol. The van der Waals surface area contributed by atoms with Crippen LogP contribution in [0.1, 0.15) is 20.8 Å². The van der Waals surface area contributed by atoms with Crippen LogP contribution in [0.3, 0.4) is 0 Å². The van der Waals surface area contributed by atoms with Gasteiger partial charge >= 0.3 is 0 Å². The molecule has 0 saturated carbocycles. The highest BCUT2D eigenvalue weighted by atomic mass is 16.5. The first kappa shape index (κ1) is 22.0. The minimum Gasteiger partial charge on any atom is -0.394 e. The van der Waals surface area contributed by atoms with E-state index < -0.39 is 0 Å². The molecule has 0 unspecified atom stereocenters. The molecule has 0 aliphatic carbocycles. The van der Waals surface area contributed by atoms with Gasteiger partial charge in [0.1, 0.15) is 0 Å². The Morgan fingerprint density at radius 1 is 0.500 bits per heavy atom. The predicted molar refractivity (Wildman–Crippen MR) is 78.2 cm³/mol. The summed E-state index contributed by atoms with van der Waals surface area (Å²) in [7, 11) is 0. The minimum absolute atomic E-state index is 0.0894. The molecule has 0 rings (SSSR count). The van der Waals surface area contributed by atoms with E-state index in [0.717, 1.165) is 19.8 Å². The fraction of sp³-hybridized carbons (Fsp3) is 1.00. The number of hydrogen-bond donors (Lipinski definition) is 1. The summed E-state index contributed by atoms with van der Waals surface area (Å²) in [5, 5.41) is 8.26. The van der Waals surface area contributed by atoms with Crippen molar-refractivity contribution in [2.24, 2.45) is 0 Å². The van der Waals surface area contributed by atoms with Crippen LogP contribution in [0.5, 0.6) is 0 Å². The quantitative estimate of drug-likeness (QED) is 0.484. The van der Waals surface area contributed by atoms with Gasteiger partial charge in [0.25, 0.3) is 0 Å². The maximum Gasteiger partial charge on any atom is 0.0701 e. The van der Waals surface area contributed by atoms with E-state index in [1.165, 1.54) is 0 Å². The van der Waals surface area contributed by atoms with Crippen LogP contribution in [0.2, 0.25) is 0 Å². The summed E-state index contributed by atoms with van der Waals surface area (Å²) in [6.07, 6.45) is 0. The number of aliphatic hydroxyl groups is 1. The zero-order chi connectivity index (χ0) is 15.3. The maximum absolute atomic E-state index is 8.26. The molecule has 0 fully saturated rings. The van der Waals surface area contributed by atoms with Crippen molar-refractivity contribution in [1.82, 2.24) is 0 Å². The molecular formula is C14H32O6. The van der Waals surface area contributed by atoms with Crippen molar-refractivity contribution in [1.29, 1.82) is 0 Å². The smallest absolute Gasteiger partial charge is 0.0701 e. The highest BCUT2D eigenvalue weighted by Gasteiger charge is 1.87. The van der Waals surface area contributed by atoms with E-state index in [1.807, 2.05) is 20.8 Å². The lowest BCUT2D eigenvalue weighted by Gasteiger charge is -2.03. The van der Waals surface area contributed by atoms with E-state index in [0.29, 0.717) is 46.2 Å². The number of aliphatic hydroxyl groups excluding tert-OH is 1. The number of hydrogen-bond acceptors (Lipinski definition) is 6. The Bertz CT molecular complexity index is 132. The second-order valence-corrected chi connectivity index (χ2v) is 3.54. The zero-order valence-corrected chi connectivity index (χ0v) is 13.3. The molecule has 0 aromatic rings. The molecule has 6 heteroatoms. The molecule has 0 amide bonds. The van der Waals surface area contributed by atoms with Gasteiger partial charge in [0, 0.05) is 19.8 Å². The minimum atomic E-state index is 0.0894. The van der Waals surface area contributed by atoms with E-state index in [9.17, 15) is 0 Å². The molecule has 1 N–H and O–H groups in total. The van der Waals surface area contributed by atoms with E-state index in [2.05, 4.69) is 0 Å². The number of rotatable bonds is 14. The van der Waals surface area contributed by atoms with Crippen LogP contribution in [0.15, 0.2) is 0 Å². The van der Waals surface area contributed by atoms with Gasteiger partial charge in [-0.25, -0.2) is 0 Å². The van der Waals surface area contributed by atoms with Crippen molar-refractivity contribution < 1.29 is 28.8 Å². The van der Waals surface area contributed by atoms with Crippen molar-refractivity contribution in [3.8, 4) is 0 Å². The molecule has 0 spiro atoms. The summed E-state index contributed by atoms with van der Waals surface area (Å²) in [6, 6.07) is 0. The van der Waals surface area contributed by atoms with Gasteiger partial charge in [-0.1, -0.05) is 0 Å². The highest BCUT2D eigenvalue weighted by molar-refractivity contribution is 4.30. The van der Waals surface area contributed by atoms with Gasteiger partial charge in [-0.2, -0.15) is 0 Å². The van der Waals surface area contributed by atoms with Crippen LogP contribution < -0.4 is 0 Å². The third-order valence-electron chi connectivity index (χ3n) is 1.96. The van der Waals surface area contributed by atoms with Gasteiger partial charge in [-0.3, -0.25) is 0 Å². The van der Waals surface area contributed by atoms with Gasteiger partial charge in [-0.15, -0.1) is 0 Å². The van der Waals surface area contributed by atoms with E-state index in [4.69, 9.17) is 28.8 Å². The zero-order valence-electron chi connectivity index (χ0n) is 13.3. The first-order valence-electron chi connectivity index (χ1n) is 7.32. The van der Waals surface area contributed by atoms with Crippen molar-refractivity contribution >= 4 is 0 Å². The third kappa shape index (κ3) is 26.3. The second kappa shape index (κ2) is 23.8.